The first-order valence-corrected chi connectivity index (χ1v) is 6.45. The molecule has 108 valence electrons. The van der Waals surface area contributed by atoms with Crippen molar-refractivity contribution in [2.75, 3.05) is 0 Å². The number of nitrogens with zero attached hydrogens (tertiary/aromatic N) is 1. The molecule has 0 amide bonds. The Morgan fingerprint density at radius 2 is 1.90 bits per heavy atom. The lowest BCUT2D eigenvalue weighted by molar-refractivity contribution is -0.386. The maximum absolute atomic E-state index is 11.7. The highest BCUT2D eigenvalue weighted by Crippen LogP contribution is 2.33. The summed E-state index contributed by atoms with van der Waals surface area (Å²) in [5.41, 5.74) is 1.58. The predicted molar refractivity (Wildman–Crippen MR) is 78.6 cm³/mol. The molecular formula is C16H15NO4. The second-order valence-corrected chi connectivity index (χ2v) is 4.75. The van der Waals surface area contributed by atoms with Crippen LogP contribution in [0.3, 0.4) is 0 Å². The Balaban J connectivity index is 2.40. The summed E-state index contributed by atoms with van der Waals surface area (Å²) in [6.07, 6.45) is 0. The second-order valence-electron chi connectivity index (χ2n) is 4.75. The number of ether oxygens (including phenoxy) is 1. The van der Waals surface area contributed by atoms with E-state index in [2.05, 4.69) is 0 Å². The monoisotopic (exact) mass is 285 g/mol. The first-order chi connectivity index (χ1) is 9.99. The lowest BCUT2D eigenvalue weighted by Crippen LogP contribution is -2.05. The van der Waals surface area contributed by atoms with Gasteiger partial charge in [-0.2, -0.15) is 0 Å². The Hall–Kier alpha value is -2.69. The molecule has 0 aliphatic heterocycles. The normalized spacial score (nSPS) is 10.2. The first kappa shape index (κ1) is 14.7. The summed E-state index contributed by atoms with van der Waals surface area (Å²) in [5, 5.41) is 11.2. The van der Waals surface area contributed by atoms with Gasteiger partial charge in [0.05, 0.1) is 10.5 Å². The molecule has 0 fully saturated rings. The van der Waals surface area contributed by atoms with Crippen molar-refractivity contribution in [3.8, 4) is 5.75 Å². The molecule has 5 nitrogen and oxygen atoms in total. The molecule has 2 aromatic carbocycles. The maximum atomic E-state index is 11.7. The predicted octanol–water partition coefficient (Wildman–Crippen LogP) is 3.68. The number of hydrogen-bond donors (Lipinski definition) is 0. The molecule has 0 N–H and O–H groups in total. The van der Waals surface area contributed by atoms with Crippen molar-refractivity contribution in [2.45, 2.75) is 20.5 Å². The van der Waals surface area contributed by atoms with Crippen LogP contribution in [-0.2, 0) is 6.61 Å². The molecule has 0 aliphatic rings. The maximum Gasteiger partial charge on any atom is 0.311 e. The van der Waals surface area contributed by atoms with Crippen LogP contribution in [0.2, 0.25) is 0 Å². The van der Waals surface area contributed by atoms with Crippen LogP contribution in [-0.4, -0.2) is 10.7 Å². The number of carbonyl (C=O) groups is 1. The van der Waals surface area contributed by atoms with Crippen molar-refractivity contribution >= 4 is 11.5 Å². The number of ketones is 1. The van der Waals surface area contributed by atoms with Crippen LogP contribution < -0.4 is 4.74 Å². The molecule has 0 bridgehead atoms. The summed E-state index contributed by atoms with van der Waals surface area (Å²) in [4.78, 5) is 22.3. The fraction of sp³-hybridized carbons (Fsp3) is 0.188. The molecule has 0 heterocycles. The Kier molecular flexibility index (Phi) is 4.33. The number of aryl methyl sites for hydroxylation is 1. The summed E-state index contributed by atoms with van der Waals surface area (Å²) >= 11 is 0. The van der Waals surface area contributed by atoms with Crippen molar-refractivity contribution in [3.63, 3.8) is 0 Å². The molecule has 5 heteroatoms. The van der Waals surface area contributed by atoms with Crippen LogP contribution in [0.15, 0.2) is 42.5 Å². The standard InChI is InChI=1S/C16H15NO4/c1-11-8-14(12(2)18)16(15(9-11)17(19)20)21-10-13-6-4-3-5-7-13/h3-9H,10H2,1-2H3. The van der Waals surface area contributed by atoms with Gasteiger partial charge in [0, 0.05) is 6.07 Å². The van der Waals surface area contributed by atoms with E-state index >= 15 is 0 Å². The molecule has 0 radical (unpaired) electrons. The number of nitro groups is 1. The summed E-state index contributed by atoms with van der Waals surface area (Å²) in [5.74, 6) is -0.230. The Morgan fingerprint density at radius 1 is 1.24 bits per heavy atom. The van der Waals surface area contributed by atoms with E-state index in [0.717, 1.165) is 5.56 Å². The van der Waals surface area contributed by atoms with Crippen molar-refractivity contribution in [1.82, 2.24) is 0 Å². The van der Waals surface area contributed by atoms with Crippen LogP contribution in [0.25, 0.3) is 0 Å². The van der Waals surface area contributed by atoms with Gasteiger partial charge >= 0.3 is 5.69 Å². The minimum absolute atomic E-state index is 0.0296. The largest absolute Gasteiger partial charge is 0.481 e. The lowest BCUT2D eigenvalue weighted by Gasteiger charge is -2.11. The number of Topliss-reactive ketones (excluding diaryl/α,β-unsaturated/α-hetero) is 1. The van der Waals surface area contributed by atoms with Crippen LogP contribution in [0.1, 0.15) is 28.4 Å². The molecule has 2 rings (SSSR count). The molecule has 2 aromatic rings. The summed E-state index contributed by atoms with van der Waals surface area (Å²) in [6, 6.07) is 12.3. The van der Waals surface area contributed by atoms with Gasteiger partial charge in [-0.05, 0) is 31.0 Å². The number of nitro benzene ring substituents is 1. The van der Waals surface area contributed by atoms with Crippen molar-refractivity contribution < 1.29 is 14.5 Å². The van der Waals surface area contributed by atoms with Crippen molar-refractivity contribution in [1.29, 1.82) is 0 Å². The van der Waals surface area contributed by atoms with Gasteiger partial charge < -0.3 is 4.74 Å². The van der Waals surface area contributed by atoms with Gasteiger partial charge in [0.2, 0.25) is 5.75 Å². The zero-order chi connectivity index (χ0) is 15.4. The fourth-order valence-electron chi connectivity index (χ4n) is 2.03. The Labute approximate surface area is 122 Å². The quantitative estimate of drug-likeness (QED) is 0.477. The van der Waals surface area contributed by atoms with Crippen molar-refractivity contribution in [3.05, 3.63) is 69.3 Å². The molecule has 0 spiro atoms. The second kappa shape index (κ2) is 6.17. The van der Waals surface area contributed by atoms with E-state index in [1.807, 2.05) is 30.3 Å². The van der Waals surface area contributed by atoms with Crippen LogP contribution >= 0.6 is 0 Å². The van der Waals surface area contributed by atoms with E-state index in [9.17, 15) is 14.9 Å². The molecule has 0 unspecified atom stereocenters. The van der Waals surface area contributed by atoms with E-state index in [1.165, 1.54) is 13.0 Å². The Bertz CT molecular complexity index is 645. The summed E-state index contributed by atoms with van der Waals surface area (Å²) < 4.78 is 5.57. The fourth-order valence-corrected chi connectivity index (χ4v) is 2.03. The Morgan fingerprint density at radius 3 is 2.48 bits per heavy atom. The topological polar surface area (TPSA) is 69.4 Å². The third-order valence-electron chi connectivity index (χ3n) is 3.02. The smallest absolute Gasteiger partial charge is 0.311 e. The number of carbonyl (C=O) groups excluding carboxylic acids is 1. The minimum atomic E-state index is -0.528. The van der Waals surface area contributed by atoms with E-state index in [0.29, 0.717) is 5.56 Å². The molecule has 0 atom stereocenters. The van der Waals surface area contributed by atoms with Crippen LogP contribution in [0, 0.1) is 17.0 Å². The van der Waals surface area contributed by atoms with Crippen LogP contribution in [0.5, 0.6) is 5.75 Å². The molecular weight excluding hydrogens is 270 g/mol. The highest BCUT2D eigenvalue weighted by molar-refractivity contribution is 5.98. The molecule has 21 heavy (non-hydrogen) atoms. The van der Waals surface area contributed by atoms with Gasteiger partial charge in [0.25, 0.3) is 0 Å². The number of benzene rings is 2. The number of hydrogen-bond acceptors (Lipinski definition) is 4. The van der Waals surface area contributed by atoms with E-state index in [1.54, 1.807) is 13.0 Å². The number of rotatable bonds is 5. The zero-order valence-electron chi connectivity index (χ0n) is 11.8. The third kappa shape index (κ3) is 3.45. The average Bonchev–Trinajstić information content (AvgIpc) is 2.46. The minimum Gasteiger partial charge on any atom is -0.481 e. The van der Waals surface area contributed by atoms with Gasteiger partial charge in [-0.25, -0.2) is 0 Å². The SMILES string of the molecule is CC(=O)c1cc(C)cc([N+](=O)[O-])c1OCc1ccccc1. The summed E-state index contributed by atoms with van der Waals surface area (Å²) in [7, 11) is 0. The van der Waals surface area contributed by atoms with Gasteiger partial charge in [-0.3, -0.25) is 14.9 Å². The molecule has 0 saturated carbocycles. The van der Waals surface area contributed by atoms with Gasteiger partial charge in [0.1, 0.15) is 6.61 Å². The zero-order valence-corrected chi connectivity index (χ0v) is 11.8. The highest BCUT2D eigenvalue weighted by atomic mass is 16.6. The van der Waals surface area contributed by atoms with Gasteiger partial charge in [-0.1, -0.05) is 30.3 Å². The van der Waals surface area contributed by atoms with E-state index < -0.39 is 4.92 Å². The molecule has 0 aliphatic carbocycles. The van der Waals surface area contributed by atoms with Crippen molar-refractivity contribution in [2.24, 2.45) is 0 Å². The molecule has 0 aromatic heterocycles. The third-order valence-corrected chi connectivity index (χ3v) is 3.02. The summed E-state index contributed by atoms with van der Waals surface area (Å²) in [6.45, 7) is 3.25. The molecule has 0 saturated heterocycles. The average molecular weight is 285 g/mol. The van der Waals surface area contributed by atoms with E-state index in [4.69, 9.17) is 4.74 Å². The lowest BCUT2D eigenvalue weighted by atomic mass is 10.1. The highest BCUT2D eigenvalue weighted by Gasteiger charge is 2.22. The van der Waals surface area contributed by atoms with Gasteiger partial charge in [0.15, 0.2) is 5.78 Å². The van der Waals surface area contributed by atoms with E-state index in [-0.39, 0.29) is 29.4 Å². The van der Waals surface area contributed by atoms with Crippen LogP contribution in [0.4, 0.5) is 5.69 Å². The van der Waals surface area contributed by atoms with Gasteiger partial charge in [-0.15, -0.1) is 0 Å². The first-order valence-electron chi connectivity index (χ1n) is 6.45.